The molecule has 0 fully saturated rings. The average Bonchev–Trinajstić information content (AvgIpc) is 2.39. The Kier molecular flexibility index (Phi) is 5.28. The molecule has 21 heavy (non-hydrogen) atoms. The molecule has 0 bridgehead atoms. The summed E-state index contributed by atoms with van der Waals surface area (Å²) in [4.78, 5) is 10.2. The van der Waals surface area contributed by atoms with Crippen LogP contribution in [0.5, 0.6) is 0 Å². The molecule has 6 N–H and O–H groups in total. The van der Waals surface area contributed by atoms with Gasteiger partial charge in [0.05, 0.1) is 10.5 Å². The number of hydrogen-bond acceptors (Lipinski definition) is 5. The summed E-state index contributed by atoms with van der Waals surface area (Å²) in [5, 5.41) is 8.49. The molecule has 0 heterocycles. The zero-order valence-corrected chi connectivity index (χ0v) is 11.6. The van der Waals surface area contributed by atoms with Gasteiger partial charge in [0.2, 0.25) is 0 Å². The van der Waals surface area contributed by atoms with E-state index in [1.807, 2.05) is 0 Å². The monoisotopic (exact) mass is 310 g/mol. The predicted octanol–water partition coefficient (Wildman–Crippen LogP) is 1.48. The fourth-order valence-electron chi connectivity index (χ4n) is 1.33. The van der Waals surface area contributed by atoms with Gasteiger partial charge >= 0.3 is 5.97 Å². The van der Waals surface area contributed by atoms with Gasteiger partial charge < -0.3 is 16.6 Å². The average molecular weight is 310 g/mol. The van der Waals surface area contributed by atoms with E-state index in [0.717, 1.165) is 0 Å². The molecule has 0 saturated carbocycles. The van der Waals surface area contributed by atoms with Crippen LogP contribution in [0.1, 0.15) is 10.4 Å². The molecule has 7 nitrogen and oxygen atoms in total. The van der Waals surface area contributed by atoms with Gasteiger partial charge in [0.25, 0.3) is 10.1 Å². The number of carbonyl (C=O) groups is 1. The number of rotatable bonds is 2. The predicted molar refractivity (Wildman–Crippen MR) is 78.5 cm³/mol. The Morgan fingerprint density at radius 1 is 0.952 bits per heavy atom. The topological polar surface area (TPSA) is 144 Å². The third-order valence-corrected chi connectivity index (χ3v) is 3.24. The van der Waals surface area contributed by atoms with Crippen molar-refractivity contribution in [3.05, 3.63) is 54.1 Å². The number of carboxylic acid groups (broad SMARTS) is 1. The van der Waals surface area contributed by atoms with Crippen LogP contribution in [-0.2, 0) is 10.1 Å². The van der Waals surface area contributed by atoms with Crippen LogP contribution in [0.2, 0.25) is 0 Å². The summed E-state index contributed by atoms with van der Waals surface area (Å²) < 4.78 is 29.4. The van der Waals surface area contributed by atoms with Gasteiger partial charge in [0.1, 0.15) is 0 Å². The number of para-hydroxylation sites is 1. The van der Waals surface area contributed by atoms with Crippen LogP contribution < -0.4 is 11.5 Å². The molecule has 8 heteroatoms. The number of benzene rings is 2. The molecule has 2 aromatic carbocycles. The number of nitrogens with two attached hydrogens (primary N) is 2. The minimum Gasteiger partial charge on any atom is -0.478 e. The van der Waals surface area contributed by atoms with Crippen molar-refractivity contribution in [3.8, 4) is 0 Å². The molecule has 2 aromatic rings. The molecule has 0 aliphatic rings. The van der Waals surface area contributed by atoms with E-state index in [1.165, 1.54) is 30.3 Å². The number of hydrogen-bond donors (Lipinski definition) is 4. The molecule has 0 radical (unpaired) electrons. The van der Waals surface area contributed by atoms with Crippen molar-refractivity contribution < 1.29 is 22.9 Å². The Balaban J connectivity index is 0.000000211. The number of carboxylic acids is 1. The number of anilines is 2. The Labute approximate surface area is 121 Å². The summed E-state index contributed by atoms with van der Waals surface area (Å²) in [6, 6.07) is 11.7. The first-order chi connectivity index (χ1) is 9.71. The van der Waals surface area contributed by atoms with Crippen LogP contribution in [0.3, 0.4) is 0 Å². The molecule has 0 amide bonds. The van der Waals surface area contributed by atoms with Crippen LogP contribution in [-0.4, -0.2) is 24.0 Å². The van der Waals surface area contributed by atoms with E-state index < -0.39 is 16.1 Å². The van der Waals surface area contributed by atoms with Crippen molar-refractivity contribution >= 4 is 27.5 Å². The van der Waals surface area contributed by atoms with Crippen LogP contribution in [0.15, 0.2) is 53.4 Å². The standard InChI is InChI=1S/C7H7NO2.C6H7NO3S/c8-6-4-2-1-3-5(6)7(9)10;7-5-1-3-6(4-2-5)11(8,9)10/h1-4H,8H2,(H,9,10);1-4H,7H2,(H,8,9,10). The van der Waals surface area contributed by atoms with E-state index in [0.29, 0.717) is 11.4 Å². The smallest absolute Gasteiger partial charge is 0.337 e. The highest BCUT2D eigenvalue weighted by Crippen LogP contribution is 2.10. The molecule has 0 saturated heterocycles. The van der Waals surface area contributed by atoms with Gasteiger partial charge in [-0.3, -0.25) is 4.55 Å². The Bertz CT molecular complexity index is 726. The third-order valence-electron chi connectivity index (χ3n) is 2.37. The van der Waals surface area contributed by atoms with Gasteiger partial charge in [0, 0.05) is 11.4 Å². The second kappa shape index (κ2) is 6.73. The number of aromatic carboxylic acids is 1. The maximum atomic E-state index is 10.5. The fraction of sp³-hybridized carbons (Fsp3) is 0. The quantitative estimate of drug-likeness (QED) is 0.485. The minimum atomic E-state index is -4.08. The Morgan fingerprint density at radius 3 is 1.86 bits per heavy atom. The van der Waals surface area contributed by atoms with Gasteiger partial charge in [-0.05, 0) is 36.4 Å². The van der Waals surface area contributed by atoms with E-state index in [9.17, 15) is 13.2 Å². The molecule has 0 aliphatic heterocycles. The highest BCUT2D eigenvalue weighted by molar-refractivity contribution is 7.85. The van der Waals surface area contributed by atoms with E-state index in [-0.39, 0.29) is 10.5 Å². The first-order valence-electron chi connectivity index (χ1n) is 5.62. The SMILES string of the molecule is Nc1ccc(S(=O)(=O)O)cc1.Nc1ccccc1C(=O)O. The summed E-state index contributed by atoms with van der Waals surface area (Å²) in [5.41, 5.74) is 11.5. The van der Waals surface area contributed by atoms with Crippen molar-refractivity contribution in [1.82, 2.24) is 0 Å². The van der Waals surface area contributed by atoms with Gasteiger partial charge in [0.15, 0.2) is 0 Å². The maximum absolute atomic E-state index is 10.5. The molecule has 0 unspecified atom stereocenters. The lowest BCUT2D eigenvalue weighted by Gasteiger charge is -1.96. The summed E-state index contributed by atoms with van der Waals surface area (Å²) in [6.07, 6.45) is 0. The summed E-state index contributed by atoms with van der Waals surface area (Å²) in [7, 11) is -4.08. The summed E-state index contributed by atoms with van der Waals surface area (Å²) in [5.74, 6) is -0.988. The van der Waals surface area contributed by atoms with E-state index >= 15 is 0 Å². The second-order valence-corrected chi connectivity index (χ2v) is 5.36. The van der Waals surface area contributed by atoms with Crippen molar-refractivity contribution in [1.29, 1.82) is 0 Å². The van der Waals surface area contributed by atoms with Crippen LogP contribution in [0.25, 0.3) is 0 Å². The Morgan fingerprint density at radius 2 is 1.48 bits per heavy atom. The molecule has 0 aromatic heterocycles. The molecule has 0 atom stereocenters. The largest absolute Gasteiger partial charge is 0.478 e. The zero-order valence-electron chi connectivity index (χ0n) is 10.8. The summed E-state index contributed by atoms with van der Waals surface area (Å²) in [6.45, 7) is 0. The van der Waals surface area contributed by atoms with Crippen LogP contribution >= 0.6 is 0 Å². The summed E-state index contributed by atoms with van der Waals surface area (Å²) >= 11 is 0. The second-order valence-electron chi connectivity index (χ2n) is 3.94. The van der Waals surface area contributed by atoms with Gasteiger partial charge in [-0.15, -0.1) is 0 Å². The Hall–Kier alpha value is -2.58. The minimum absolute atomic E-state index is 0.147. The van der Waals surface area contributed by atoms with Crippen molar-refractivity contribution in [2.45, 2.75) is 4.90 Å². The van der Waals surface area contributed by atoms with Gasteiger partial charge in [-0.2, -0.15) is 8.42 Å². The van der Waals surface area contributed by atoms with Crippen LogP contribution in [0, 0.1) is 0 Å². The normalized spacial score (nSPS) is 10.3. The molecular weight excluding hydrogens is 296 g/mol. The van der Waals surface area contributed by atoms with Gasteiger partial charge in [-0.25, -0.2) is 4.79 Å². The van der Waals surface area contributed by atoms with E-state index in [4.69, 9.17) is 21.1 Å². The van der Waals surface area contributed by atoms with E-state index in [2.05, 4.69) is 0 Å². The molecular formula is C13H14N2O5S. The first kappa shape index (κ1) is 16.5. The first-order valence-corrected chi connectivity index (χ1v) is 7.06. The molecule has 2 rings (SSSR count). The highest BCUT2D eigenvalue weighted by atomic mass is 32.2. The van der Waals surface area contributed by atoms with Gasteiger partial charge in [-0.1, -0.05) is 12.1 Å². The van der Waals surface area contributed by atoms with Crippen molar-refractivity contribution in [2.24, 2.45) is 0 Å². The van der Waals surface area contributed by atoms with E-state index in [1.54, 1.807) is 18.2 Å². The van der Waals surface area contributed by atoms with Crippen LogP contribution in [0.4, 0.5) is 11.4 Å². The third kappa shape index (κ3) is 5.13. The highest BCUT2D eigenvalue weighted by Gasteiger charge is 2.07. The molecule has 112 valence electrons. The number of nitrogen functional groups attached to an aromatic ring is 2. The zero-order chi connectivity index (χ0) is 16.0. The lowest BCUT2D eigenvalue weighted by Crippen LogP contribution is -2.00. The maximum Gasteiger partial charge on any atom is 0.337 e. The lowest BCUT2D eigenvalue weighted by atomic mass is 10.2. The molecule has 0 aliphatic carbocycles. The lowest BCUT2D eigenvalue weighted by molar-refractivity contribution is 0.0698. The van der Waals surface area contributed by atoms with Crippen molar-refractivity contribution in [3.63, 3.8) is 0 Å². The fourth-order valence-corrected chi connectivity index (χ4v) is 1.81. The molecule has 0 spiro atoms. The van der Waals surface area contributed by atoms with Crippen molar-refractivity contribution in [2.75, 3.05) is 11.5 Å².